The van der Waals surface area contributed by atoms with E-state index in [0.29, 0.717) is 21.7 Å². The summed E-state index contributed by atoms with van der Waals surface area (Å²) in [5.41, 5.74) is 0.162. The van der Waals surface area contributed by atoms with Crippen molar-refractivity contribution < 1.29 is 9.15 Å². The van der Waals surface area contributed by atoms with Crippen LogP contribution in [0.3, 0.4) is 0 Å². The van der Waals surface area contributed by atoms with Crippen molar-refractivity contribution >= 4 is 22.5 Å². The average molecular weight is 288 g/mol. The highest BCUT2D eigenvalue weighted by Gasteiger charge is 2.07. The zero-order chi connectivity index (χ0) is 13.9. The summed E-state index contributed by atoms with van der Waals surface area (Å²) in [5, 5.41) is 0.949. The van der Waals surface area contributed by atoms with Crippen molar-refractivity contribution in [3.8, 4) is 5.75 Å². The Morgan fingerprint density at radius 1 is 1.10 bits per heavy atom. The van der Waals surface area contributed by atoms with Gasteiger partial charge < -0.3 is 9.15 Å². The standard InChI is InChI=1S/C15H10ClNO3/c16-11-6-2-4-8-13(11)19-9-14-17-12-7-3-1-5-10(12)15(18)20-14/h1-8H,9H2. The number of halogens is 1. The van der Waals surface area contributed by atoms with E-state index in [-0.39, 0.29) is 12.5 Å². The molecule has 4 nitrogen and oxygen atoms in total. The van der Waals surface area contributed by atoms with E-state index >= 15 is 0 Å². The number of rotatable bonds is 3. The minimum absolute atomic E-state index is 0.0454. The van der Waals surface area contributed by atoms with Gasteiger partial charge in [-0.1, -0.05) is 35.9 Å². The van der Waals surface area contributed by atoms with Gasteiger partial charge in [0.2, 0.25) is 5.89 Å². The van der Waals surface area contributed by atoms with E-state index < -0.39 is 5.63 Å². The summed E-state index contributed by atoms with van der Waals surface area (Å²) in [6, 6.07) is 14.1. The Hall–Kier alpha value is -2.33. The van der Waals surface area contributed by atoms with Gasteiger partial charge in [-0.2, -0.15) is 0 Å². The second-order valence-electron chi connectivity index (χ2n) is 4.13. The van der Waals surface area contributed by atoms with Crippen LogP contribution >= 0.6 is 11.6 Å². The molecule has 100 valence electrons. The van der Waals surface area contributed by atoms with E-state index in [1.807, 2.05) is 18.2 Å². The Labute approximate surface area is 119 Å². The summed E-state index contributed by atoms with van der Waals surface area (Å²) < 4.78 is 10.6. The zero-order valence-electron chi connectivity index (χ0n) is 10.4. The van der Waals surface area contributed by atoms with E-state index in [1.165, 1.54) is 0 Å². The molecule has 2 aromatic carbocycles. The lowest BCUT2D eigenvalue weighted by atomic mass is 10.2. The number of aromatic nitrogens is 1. The molecule has 0 bridgehead atoms. The van der Waals surface area contributed by atoms with Gasteiger partial charge in [-0.3, -0.25) is 0 Å². The molecule has 0 atom stereocenters. The van der Waals surface area contributed by atoms with Crippen molar-refractivity contribution in [2.24, 2.45) is 0 Å². The lowest BCUT2D eigenvalue weighted by Gasteiger charge is -2.06. The first-order chi connectivity index (χ1) is 9.74. The van der Waals surface area contributed by atoms with Crippen LogP contribution in [0.4, 0.5) is 0 Å². The maximum absolute atomic E-state index is 11.8. The minimum atomic E-state index is -0.423. The molecular formula is C15H10ClNO3. The summed E-state index contributed by atoms with van der Waals surface area (Å²) in [5.74, 6) is 0.736. The third kappa shape index (κ3) is 2.51. The number of hydrogen-bond donors (Lipinski definition) is 0. The van der Waals surface area contributed by atoms with Gasteiger partial charge in [0, 0.05) is 0 Å². The average Bonchev–Trinajstić information content (AvgIpc) is 2.46. The van der Waals surface area contributed by atoms with Gasteiger partial charge in [0.15, 0.2) is 6.61 Å². The molecule has 5 heteroatoms. The molecule has 0 amide bonds. The van der Waals surface area contributed by atoms with Crippen LogP contribution in [0.2, 0.25) is 5.02 Å². The maximum Gasteiger partial charge on any atom is 0.346 e. The van der Waals surface area contributed by atoms with Crippen LogP contribution in [0.25, 0.3) is 10.9 Å². The summed E-state index contributed by atoms with van der Waals surface area (Å²) in [6.07, 6.45) is 0. The van der Waals surface area contributed by atoms with E-state index in [4.69, 9.17) is 20.8 Å². The van der Waals surface area contributed by atoms with Crippen molar-refractivity contribution in [2.45, 2.75) is 6.61 Å². The van der Waals surface area contributed by atoms with Crippen molar-refractivity contribution in [2.75, 3.05) is 0 Å². The Morgan fingerprint density at radius 2 is 1.85 bits per heavy atom. The predicted octanol–water partition coefficient (Wildman–Crippen LogP) is 3.42. The van der Waals surface area contributed by atoms with Gasteiger partial charge in [0.1, 0.15) is 5.75 Å². The SMILES string of the molecule is O=c1oc(COc2ccccc2Cl)nc2ccccc12. The first kappa shape index (κ1) is 12.7. The molecule has 0 saturated heterocycles. The molecule has 0 radical (unpaired) electrons. The van der Waals surface area contributed by atoms with E-state index in [0.717, 1.165) is 0 Å². The van der Waals surface area contributed by atoms with Gasteiger partial charge in [-0.05, 0) is 24.3 Å². The summed E-state index contributed by atoms with van der Waals surface area (Å²) in [6.45, 7) is 0.0454. The Bertz CT molecular complexity index is 813. The summed E-state index contributed by atoms with van der Waals surface area (Å²) in [4.78, 5) is 16.0. The molecule has 3 aromatic rings. The third-order valence-electron chi connectivity index (χ3n) is 2.77. The molecule has 3 rings (SSSR count). The number of benzene rings is 2. The largest absolute Gasteiger partial charge is 0.482 e. The molecule has 1 aromatic heterocycles. The number of nitrogens with zero attached hydrogens (tertiary/aromatic N) is 1. The Kier molecular flexibility index (Phi) is 3.39. The van der Waals surface area contributed by atoms with Crippen LogP contribution in [0, 0.1) is 0 Å². The monoisotopic (exact) mass is 287 g/mol. The molecule has 20 heavy (non-hydrogen) atoms. The second-order valence-corrected chi connectivity index (χ2v) is 4.54. The molecule has 0 fully saturated rings. The van der Waals surface area contributed by atoms with Gasteiger partial charge in [0.25, 0.3) is 0 Å². The molecule has 0 spiro atoms. The van der Waals surface area contributed by atoms with Crippen LogP contribution in [-0.2, 0) is 6.61 Å². The zero-order valence-corrected chi connectivity index (χ0v) is 11.1. The quantitative estimate of drug-likeness (QED) is 0.740. The van der Waals surface area contributed by atoms with E-state index in [9.17, 15) is 4.79 Å². The fraction of sp³-hybridized carbons (Fsp3) is 0.0667. The minimum Gasteiger partial charge on any atom is -0.482 e. The highest BCUT2D eigenvalue weighted by atomic mass is 35.5. The van der Waals surface area contributed by atoms with Gasteiger partial charge in [0.05, 0.1) is 15.9 Å². The van der Waals surface area contributed by atoms with Crippen molar-refractivity contribution in [1.29, 1.82) is 0 Å². The Morgan fingerprint density at radius 3 is 2.70 bits per heavy atom. The van der Waals surface area contributed by atoms with Crippen LogP contribution in [0.15, 0.2) is 57.7 Å². The fourth-order valence-corrected chi connectivity index (χ4v) is 2.02. The van der Waals surface area contributed by atoms with Crippen molar-refractivity contribution in [3.63, 3.8) is 0 Å². The lowest BCUT2D eigenvalue weighted by molar-refractivity contribution is 0.254. The molecule has 0 unspecified atom stereocenters. The molecule has 1 heterocycles. The fourth-order valence-electron chi connectivity index (χ4n) is 1.83. The van der Waals surface area contributed by atoms with E-state index in [2.05, 4.69) is 4.98 Å². The lowest BCUT2D eigenvalue weighted by Crippen LogP contribution is -2.07. The highest BCUT2D eigenvalue weighted by molar-refractivity contribution is 6.32. The molecule has 0 aliphatic heterocycles. The van der Waals surface area contributed by atoms with Gasteiger partial charge >= 0.3 is 5.63 Å². The predicted molar refractivity (Wildman–Crippen MR) is 76.1 cm³/mol. The Balaban J connectivity index is 1.88. The van der Waals surface area contributed by atoms with Crippen LogP contribution in [0.1, 0.15) is 5.89 Å². The van der Waals surface area contributed by atoms with Crippen LogP contribution in [-0.4, -0.2) is 4.98 Å². The van der Waals surface area contributed by atoms with Gasteiger partial charge in [-0.15, -0.1) is 0 Å². The van der Waals surface area contributed by atoms with E-state index in [1.54, 1.807) is 30.3 Å². The third-order valence-corrected chi connectivity index (χ3v) is 3.08. The maximum atomic E-state index is 11.8. The molecule has 0 N–H and O–H groups in total. The number of fused-ring (bicyclic) bond motifs is 1. The second kappa shape index (κ2) is 5.35. The van der Waals surface area contributed by atoms with Crippen molar-refractivity contribution in [1.82, 2.24) is 4.98 Å². The topological polar surface area (TPSA) is 52.3 Å². The first-order valence-corrected chi connectivity index (χ1v) is 6.38. The number of ether oxygens (including phenoxy) is 1. The molecule has 0 saturated carbocycles. The van der Waals surface area contributed by atoms with Gasteiger partial charge in [-0.25, -0.2) is 9.78 Å². The molecular weight excluding hydrogens is 278 g/mol. The first-order valence-electron chi connectivity index (χ1n) is 6.00. The highest BCUT2D eigenvalue weighted by Crippen LogP contribution is 2.23. The van der Waals surface area contributed by atoms with Crippen LogP contribution < -0.4 is 10.4 Å². The van der Waals surface area contributed by atoms with Crippen molar-refractivity contribution in [3.05, 3.63) is 69.9 Å². The summed E-state index contributed by atoms with van der Waals surface area (Å²) >= 11 is 5.98. The molecule has 0 aliphatic carbocycles. The van der Waals surface area contributed by atoms with Crippen LogP contribution in [0.5, 0.6) is 5.75 Å². The number of hydrogen-bond acceptors (Lipinski definition) is 4. The smallest absolute Gasteiger partial charge is 0.346 e. The number of para-hydroxylation sites is 2. The normalized spacial score (nSPS) is 10.7. The summed E-state index contributed by atoms with van der Waals surface area (Å²) in [7, 11) is 0. The molecule has 0 aliphatic rings.